The Kier molecular flexibility index (Phi) is 4.30. The monoisotopic (exact) mass is 349 g/mol. The van der Waals surface area contributed by atoms with Crippen molar-refractivity contribution in [2.75, 3.05) is 23.7 Å². The average Bonchev–Trinajstić information content (AvgIpc) is 2.69. The van der Waals surface area contributed by atoms with Crippen molar-refractivity contribution >= 4 is 11.9 Å². The predicted octanol–water partition coefficient (Wildman–Crippen LogP) is 2.27. The van der Waals surface area contributed by atoms with E-state index in [-0.39, 0.29) is 11.7 Å². The van der Waals surface area contributed by atoms with Gasteiger partial charge in [0.15, 0.2) is 11.6 Å². The Balaban J connectivity index is 1.82. The molecule has 0 aliphatic carbocycles. The number of phenols is 1. The van der Waals surface area contributed by atoms with Crippen LogP contribution in [-0.4, -0.2) is 43.1 Å². The molecular weight excluding hydrogens is 330 g/mol. The lowest BCUT2D eigenvalue weighted by molar-refractivity contribution is 0.475. The van der Waals surface area contributed by atoms with E-state index < -0.39 is 0 Å². The van der Waals surface area contributed by atoms with E-state index in [0.29, 0.717) is 23.2 Å². The third kappa shape index (κ3) is 3.39. The van der Waals surface area contributed by atoms with Gasteiger partial charge in [-0.1, -0.05) is 12.1 Å². The summed E-state index contributed by atoms with van der Waals surface area (Å²) in [5, 5.41) is 9.79. The minimum Gasteiger partial charge on any atom is -0.508 e. The molecule has 0 atom stereocenters. The van der Waals surface area contributed by atoms with E-state index in [1.807, 2.05) is 6.07 Å². The van der Waals surface area contributed by atoms with Gasteiger partial charge in [0.1, 0.15) is 5.75 Å². The standard InChI is InChI=1S/C18H19N7O/c19-17-20-10-13(11-21-17)16-22-15(12-5-4-6-14(26)9-12)23-18(24-16)25-7-2-1-3-8-25/h4-6,9-11,26H,1-3,7-8H2,(H2,19,20,21). The zero-order chi connectivity index (χ0) is 17.9. The zero-order valence-corrected chi connectivity index (χ0v) is 14.2. The maximum atomic E-state index is 9.79. The van der Waals surface area contributed by atoms with E-state index in [1.165, 1.54) is 6.42 Å². The number of hydrogen-bond donors (Lipinski definition) is 2. The molecule has 1 aromatic carbocycles. The molecule has 3 heterocycles. The van der Waals surface area contributed by atoms with Crippen LogP contribution in [0.15, 0.2) is 36.7 Å². The number of benzene rings is 1. The molecule has 0 radical (unpaired) electrons. The second kappa shape index (κ2) is 6.91. The van der Waals surface area contributed by atoms with Crippen LogP contribution in [0.2, 0.25) is 0 Å². The van der Waals surface area contributed by atoms with Gasteiger partial charge in [0.05, 0.1) is 5.56 Å². The van der Waals surface area contributed by atoms with Gasteiger partial charge in [-0.25, -0.2) is 15.0 Å². The Morgan fingerprint density at radius 2 is 1.58 bits per heavy atom. The largest absolute Gasteiger partial charge is 0.508 e. The van der Waals surface area contributed by atoms with Crippen LogP contribution in [-0.2, 0) is 0 Å². The van der Waals surface area contributed by atoms with Crippen molar-refractivity contribution in [2.45, 2.75) is 19.3 Å². The van der Waals surface area contributed by atoms with Crippen molar-refractivity contribution < 1.29 is 5.11 Å². The lowest BCUT2D eigenvalue weighted by Crippen LogP contribution is -2.31. The smallest absolute Gasteiger partial charge is 0.229 e. The first-order chi connectivity index (χ1) is 12.7. The zero-order valence-electron chi connectivity index (χ0n) is 14.2. The predicted molar refractivity (Wildman–Crippen MR) is 98.4 cm³/mol. The van der Waals surface area contributed by atoms with Gasteiger partial charge in [-0.15, -0.1) is 0 Å². The van der Waals surface area contributed by atoms with Crippen LogP contribution in [0.25, 0.3) is 22.8 Å². The first kappa shape index (κ1) is 16.2. The Labute approximate surface area is 150 Å². The Hall–Kier alpha value is -3.29. The van der Waals surface area contributed by atoms with Gasteiger partial charge in [0.2, 0.25) is 11.9 Å². The molecule has 3 N–H and O–H groups in total. The third-order valence-electron chi connectivity index (χ3n) is 4.30. The van der Waals surface area contributed by atoms with Crippen molar-refractivity contribution in [1.29, 1.82) is 0 Å². The fourth-order valence-corrected chi connectivity index (χ4v) is 2.96. The molecule has 3 aromatic rings. The minimum absolute atomic E-state index is 0.166. The normalized spacial score (nSPS) is 14.4. The third-order valence-corrected chi connectivity index (χ3v) is 4.30. The molecule has 0 bridgehead atoms. The van der Waals surface area contributed by atoms with E-state index in [9.17, 15) is 5.11 Å². The van der Waals surface area contributed by atoms with E-state index in [0.717, 1.165) is 31.5 Å². The summed E-state index contributed by atoms with van der Waals surface area (Å²) in [7, 11) is 0. The highest BCUT2D eigenvalue weighted by molar-refractivity contribution is 5.63. The van der Waals surface area contributed by atoms with Gasteiger partial charge in [0, 0.05) is 31.0 Å². The van der Waals surface area contributed by atoms with Gasteiger partial charge in [-0.3, -0.25) is 0 Å². The number of piperidine rings is 1. The highest BCUT2D eigenvalue weighted by Crippen LogP contribution is 2.26. The number of phenolic OH excluding ortho intramolecular Hbond substituents is 1. The molecule has 4 rings (SSSR count). The number of nitrogens with zero attached hydrogens (tertiary/aromatic N) is 6. The minimum atomic E-state index is 0.166. The molecule has 1 saturated heterocycles. The molecule has 0 unspecified atom stereocenters. The summed E-state index contributed by atoms with van der Waals surface area (Å²) in [5.41, 5.74) is 6.97. The summed E-state index contributed by atoms with van der Waals surface area (Å²) >= 11 is 0. The maximum absolute atomic E-state index is 9.79. The summed E-state index contributed by atoms with van der Waals surface area (Å²) in [5.74, 6) is 1.99. The highest BCUT2D eigenvalue weighted by atomic mass is 16.3. The molecular formula is C18H19N7O. The van der Waals surface area contributed by atoms with Crippen LogP contribution >= 0.6 is 0 Å². The van der Waals surface area contributed by atoms with Crippen molar-refractivity contribution in [3.05, 3.63) is 36.7 Å². The first-order valence-electron chi connectivity index (χ1n) is 8.57. The fraction of sp³-hybridized carbons (Fsp3) is 0.278. The van der Waals surface area contributed by atoms with Crippen LogP contribution in [0.1, 0.15) is 19.3 Å². The van der Waals surface area contributed by atoms with Crippen LogP contribution in [0.4, 0.5) is 11.9 Å². The van der Waals surface area contributed by atoms with Crippen LogP contribution < -0.4 is 10.6 Å². The highest BCUT2D eigenvalue weighted by Gasteiger charge is 2.18. The van der Waals surface area contributed by atoms with Crippen LogP contribution in [0.3, 0.4) is 0 Å². The molecule has 26 heavy (non-hydrogen) atoms. The second-order valence-electron chi connectivity index (χ2n) is 6.21. The number of anilines is 2. The summed E-state index contributed by atoms with van der Waals surface area (Å²) in [6.07, 6.45) is 6.66. The molecule has 1 aliphatic heterocycles. The lowest BCUT2D eigenvalue weighted by atomic mass is 10.1. The Morgan fingerprint density at radius 1 is 0.885 bits per heavy atom. The van der Waals surface area contributed by atoms with Crippen LogP contribution in [0.5, 0.6) is 5.75 Å². The summed E-state index contributed by atoms with van der Waals surface area (Å²) in [6.45, 7) is 1.84. The van der Waals surface area contributed by atoms with Crippen molar-refractivity contribution in [1.82, 2.24) is 24.9 Å². The quantitative estimate of drug-likeness (QED) is 0.740. The molecule has 0 spiro atoms. The van der Waals surface area contributed by atoms with Gasteiger partial charge in [0.25, 0.3) is 0 Å². The summed E-state index contributed by atoms with van der Waals surface area (Å²) in [6, 6.07) is 6.88. The van der Waals surface area contributed by atoms with Gasteiger partial charge in [-0.05, 0) is 31.4 Å². The number of nitrogens with two attached hydrogens (primary N) is 1. The van der Waals surface area contributed by atoms with Gasteiger partial charge < -0.3 is 15.7 Å². The number of nitrogen functional groups attached to an aromatic ring is 1. The molecule has 132 valence electrons. The number of aromatic hydroxyl groups is 1. The topological polar surface area (TPSA) is 114 Å². The number of aromatic nitrogens is 5. The first-order valence-corrected chi connectivity index (χ1v) is 8.57. The van der Waals surface area contributed by atoms with E-state index in [2.05, 4.69) is 29.8 Å². The lowest BCUT2D eigenvalue weighted by Gasteiger charge is -2.27. The summed E-state index contributed by atoms with van der Waals surface area (Å²) < 4.78 is 0. The molecule has 1 aliphatic rings. The van der Waals surface area contributed by atoms with E-state index >= 15 is 0 Å². The molecule has 8 heteroatoms. The van der Waals surface area contributed by atoms with Crippen molar-refractivity contribution in [2.24, 2.45) is 0 Å². The molecule has 1 fully saturated rings. The van der Waals surface area contributed by atoms with E-state index in [4.69, 9.17) is 5.73 Å². The van der Waals surface area contributed by atoms with Gasteiger partial charge in [-0.2, -0.15) is 9.97 Å². The molecule has 0 saturated carbocycles. The van der Waals surface area contributed by atoms with Gasteiger partial charge >= 0.3 is 0 Å². The molecule has 0 amide bonds. The van der Waals surface area contributed by atoms with Crippen LogP contribution in [0, 0.1) is 0 Å². The Morgan fingerprint density at radius 3 is 2.27 bits per heavy atom. The van der Waals surface area contributed by atoms with E-state index in [1.54, 1.807) is 30.6 Å². The molecule has 8 nitrogen and oxygen atoms in total. The maximum Gasteiger partial charge on any atom is 0.229 e. The van der Waals surface area contributed by atoms with Crippen molar-refractivity contribution in [3.8, 4) is 28.5 Å². The Bertz CT molecular complexity index is 908. The van der Waals surface area contributed by atoms with Crippen molar-refractivity contribution in [3.63, 3.8) is 0 Å². The average molecular weight is 349 g/mol. The second-order valence-corrected chi connectivity index (χ2v) is 6.21. The summed E-state index contributed by atoms with van der Waals surface area (Å²) in [4.78, 5) is 24.0. The number of hydrogen-bond acceptors (Lipinski definition) is 8. The SMILES string of the molecule is Nc1ncc(-c2nc(-c3cccc(O)c3)nc(N3CCCCC3)n2)cn1. The molecule has 2 aromatic heterocycles. The fourth-order valence-electron chi connectivity index (χ4n) is 2.96. The number of rotatable bonds is 3.